The SMILES string of the molecule is Cc1ccc(C(O)Cc2nn(C)c3ccccc23)cc1Cl. The fourth-order valence-electron chi connectivity index (χ4n) is 2.56. The van der Waals surface area contributed by atoms with Crippen molar-refractivity contribution in [3.8, 4) is 0 Å². The van der Waals surface area contributed by atoms with Crippen LogP contribution in [0.1, 0.15) is 22.9 Å². The van der Waals surface area contributed by atoms with E-state index in [1.807, 2.05) is 61.1 Å². The van der Waals surface area contributed by atoms with E-state index in [1.165, 1.54) is 0 Å². The summed E-state index contributed by atoms with van der Waals surface area (Å²) in [5.74, 6) is 0. The number of hydrogen-bond donors (Lipinski definition) is 1. The first-order valence-electron chi connectivity index (χ1n) is 6.91. The van der Waals surface area contributed by atoms with Gasteiger partial charge in [-0.2, -0.15) is 5.10 Å². The zero-order valence-corrected chi connectivity index (χ0v) is 12.8. The Morgan fingerprint density at radius 1 is 1.24 bits per heavy atom. The van der Waals surface area contributed by atoms with Crippen molar-refractivity contribution in [2.75, 3.05) is 0 Å². The third-order valence-electron chi connectivity index (χ3n) is 3.80. The number of aromatic nitrogens is 2. The lowest BCUT2D eigenvalue weighted by molar-refractivity contribution is 0.177. The molecule has 0 amide bonds. The highest BCUT2D eigenvalue weighted by atomic mass is 35.5. The molecule has 3 rings (SSSR count). The summed E-state index contributed by atoms with van der Waals surface area (Å²) in [7, 11) is 1.92. The Hall–Kier alpha value is -1.84. The van der Waals surface area contributed by atoms with Crippen molar-refractivity contribution in [3.05, 3.63) is 64.3 Å². The third-order valence-corrected chi connectivity index (χ3v) is 4.21. The molecule has 1 heterocycles. The molecular formula is C17H17ClN2O. The van der Waals surface area contributed by atoms with E-state index in [0.29, 0.717) is 11.4 Å². The number of halogens is 1. The molecule has 1 atom stereocenters. The van der Waals surface area contributed by atoms with Gasteiger partial charge in [-0.3, -0.25) is 4.68 Å². The predicted molar refractivity (Wildman–Crippen MR) is 85.6 cm³/mol. The monoisotopic (exact) mass is 300 g/mol. The number of aryl methyl sites for hydroxylation is 2. The molecule has 0 aliphatic heterocycles. The Bertz CT molecular complexity index is 795. The number of nitrogens with zero attached hydrogens (tertiary/aromatic N) is 2. The second-order valence-electron chi connectivity index (χ2n) is 5.32. The quantitative estimate of drug-likeness (QED) is 0.798. The first kappa shape index (κ1) is 14.1. The second-order valence-corrected chi connectivity index (χ2v) is 5.72. The molecule has 0 aliphatic rings. The van der Waals surface area contributed by atoms with Crippen LogP contribution < -0.4 is 0 Å². The van der Waals surface area contributed by atoms with Crippen molar-refractivity contribution in [3.63, 3.8) is 0 Å². The highest BCUT2D eigenvalue weighted by Crippen LogP contribution is 2.26. The lowest BCUT2D eigenvalue weighted by Gasteiger charge is -2.11. The van der Waals surface area contributed by atoms with E-state index in [1.54, 1.807) is 0 Å². The molecule has 3 aromatic rings. The van der Waals surface area contributed by atoms with Gasteiger partial charge in [-0.05, 0) is 30.2 Å². The molecule has 108 valence electrons. The summed E-state index contributed by atoms with van der Waals surface area (Å²) < 4.78 is 1.85. The standard InChI is InChI=1S/C17H17ClN2O/c1-11-7-8-12(9-14(11)18)17(21)10-15-13-5-3-4-6-16(13)20(2)19-15/h3-9,17,21H,10H2,1-2H3. The van der Waals surface area contributed by atoms with Gasteiger partial charge in [0.15, 0.2) is 0 Å². The number of benzene rings is 2. The van der Waals surface area contributed by atoms with E-state index in [2.05, 4.69) is 5.10 Å². The van der Waals surface area contributed by atoms with Crippen molar-refractivity contribution in [1.29, 1.82) is 0 Å². The summed E-state index contributed by atoms with van der Waals surface area (Å²) in [5, 5.41) is 16.7. The Kier molecular flexibility index (Phi) is 3.70. The van der Waals surface area contributed by atoms with Gasteiger partial charge in [-0.15, -0.1) is 0 Å². The molecular weight excluding hydrogens is 284 g/mol. The predicted octanol–water partition coefficient (Wildman–Crippen LogP) is 3.81. The molecule has 4 heteroatoms. The summed E-state index contributed by atoms with van der Waals surface area (Å²) >= 11 is 6.13. The van der Waals surface area contributed by atoms with Gasteiger partial charge in [0.25, 0.3) is 0 Å². The maximum absolute atomic E-state index is 10.5. The van der Waals surface area contributed by atoms with E-state index < -0.39 is 6.10 Å². The van der Waals surface area contributed by atoms with Crippen LogP contribution in [0.4, 0.5) is 0 Å². The summed E-state index contributed by atoms with van der Waals surface area (Å²) in [6.07, 6.45) is -0.137. The Labute approximate surface area is 128 Å². The number of fused-ring (bicyclic) bond motifs is 1. The number of hydrogen-bond acceptors (Lipinski definition) is 2. The molecule has 2 aromatic carbocycles. The smallest absolute Gasteiger partial charge is 0.0846 e. The highest BCUT2D eigenvalue weighted by Gasteiger charge is 2.15. The molecule has 0 radical (unpaired) electrons. The van der Waals surface area contributed by atoms with E-state index in [-0.39, 0.29) is 0 Å². The molecule has 1 unspecified atom stereocenters. The first-order chi connectivity index (χ1) is 10.1. The molecule has 3 nitrogen and oxygen atoms in total. The minimum Gasteiger partial charge on any atom is -0.388 e. The first-order valence-corrected chi connectivity index (χ1v) is 7.29. The molecule has 0 saturated heterocycles. The Balaban J connectivity index is 1.92. The summed E-state index contributed by atoms with van der Waals surface area (Å²) in [6, 6.07) is 13.7. The van der Waals surface area contributed by atoms with Gasteiger partial charge in [0, 0.05) is 23.9 Å². The molecule has 0 bridgehead atoms. The maximum Gasteiger partial charge on any atom is 0.0846 e. The molecule has 0 fully saturated rings. The number of rotatable bonds is 3. The maximum atomic E-state index is 10.5. The van der Waals surface area contributed by atoms with Crippen molar-refractivity contribution in [2.45, 2.75) is 19.4 Å². The van der Waals surface area contributed by atoms with Gasteiger partial charge in [-0.1, -0.05) is 41.9 Å². The van der Waals surface area contributed by atoms with Crippen molar-refractivity contribution < 1.29 is 5.11 Å². The van der Waals surface area contributed by atoms with Crippen LogP contribution >= 0.6 is 11.6 Å². The van der Waals surface area contributed by atoms with E-state index in [4.69, 9.17) is 11.6 Å². The van der Waals surface area contributed by atoms with Crippen LogP contribution in [0.25, 0.3) is 10.9 Å². The highest BCUT2D eigenvalue weighted by molar-refractivity contribution is 6.31. The summed E-state index contributed by atoms with van der Waals surface area (Å²) in [5.41, 5.74) is 3.80. The van der Waals surface area contributed by atoms with E-state index in [9.17, 15) is 5.11 Å². The van der Waals surface area contributed by atoms with E-state index >= 15 is 0 Å². The van der Waals surface area contributed by atoms with Crippen LogP contribution in [0, 0.1) is 6.92 Å². The van der Waals surface area contributed by atoms with Gasteiger partial charge in [0.05, 0.1) is 17.3 Å². The summed E-state index contributed by atoms with van der Waals surface area (Å²) in [4.78, 5) is 0. The molecule has 0 aliphatic carbocycles. The summed E-state index contributed by atoms with van der Waals surface area (Å²) in [6.45, 7) is 1.95. The van der Waals surface area contributed by atoms with Gasteiger partial charge >= 0.3 is 0 Å². The Morgan fingerprint density at radius 3 is 2.76 bits per heavy atom. The minimum absolute atomic E-state index is 0.473. The average molecular weight is 301 g/mol. The fourth-order valence-corrected chi connectivity index (χ4v) is 2.75. The molecule has 0 saturated carbocycles. The zero-order valence-electron chi connectivity index (χ0n) is 12.0. The lowest BCUT2D eigenvalue weighted by atomic mass is 10.0. The van der Waals surface area contributed by atoms with Gasteiger partial charge in [-0.25, -0.2) is 0 Å². The lowest BCUT2D eigenvalue weighted by Crippen LogP contribution is -2.03. The normalized spacial score (nSPS) is 12.8. The van der Waals surface area contributed by atoms with Crippen LogP contribution in [0.2, 0.25) is 5.02 Å². The zero-order chi connectivity index (χ0) is 15.0. The van der Waals surface area contributed by atoms with Crippen LogP contribution in [-0.2, 0) is 13.5 Å². The third kappa shape index (κ3) is 2.67. The molecule has 0 spiro atoms. The van der Waals surface area contributed by atoms with Crippen LogP contribution in [0.3, 0.4) is 0 Å². The number of aliphatic hydroxyl groups excluding tert-OH is 1. The van der Waals surface area contributed by atoms with Crippen LogP contribution in [-0.4, -0.2) is 14.9 Å². The number of para-hydroxylation sites is 1. The number of aliphatic hydroxyl groups is 1. The van der Waals surface area contributed by atoms with Gasteiger partial charge in [0.1, 0.15) is 0 Å². The molecule has 1 aromatic heterocycles. The average Bonchev–Trinajstić information content (AvgIpc) is 2.79. The minimum atomic E-state index is -0.610. The largest absolute Gasteiger partial charge is 0.388 e. The topological polar surface area (TPSA) is 38.1 Å². The molecule has 1 N–H and O–H groups in total. The van der Waals surface area contributed by atoms with Crippen molar-refractivity contribution in [2.24, 2.45) is 7.05 Å². The van der Waals surface area contributed by atoms with Crippen molar-refractivity contribution >= 4 is 22.5 Å². The van der Waals surface area contributed by atoms with Gasteiger partial charge < -0.3 is 5.11 Å². The molecule has 21 heavy (non-hydrogen) atoms. The van der Waals surface area contributed by atoms with Crippen molar-refractivity contribution in [1.82, 2.24) is 9.78 Å². The fraction of sp³-hybridized carbons (Fsp3) is 0.235. The second kappa shape index (κ2) is 5.51. The van der Waals surface area contributed by atoms with Crippen LogP contribution in [0.5, 0.6) is 0 Å². The van der Waals surface area contributed by atoms with E-state index in [0.717, 1.165) is 27.7 Å². The van der Waals surface area contributed by atoms with Gasteiger partial charge in [0.2, 0.25) is 0 Å². The van der Waals surface area contributed by atoms with Crippen LogP contribution in [0.15, 0.2) is 42.5 Å². The Morgan fingerprint density at radius 2 is 2.00 bits per heavy atom.